The minimum atomic E-state index is -4.64. The van der Waals surface area contributed by atoms with Crippen molar-refractivity contribution in [2.24, 2.45) is 0 Å². The van der Waals surface area contributed by atoms with E-state index in [2.05, 4.69) is 0 Å². The van der Waals surface area contributed by atoms with E-state index in [1.54, 1.807) is 33.9 Å². The molecule has 0 aliphatic carbocycles. The Morgan fingerprint density at radius 3 is 1.94 bits per heavy atom. The molecule has 0 saturated heterocycles. The van der Waals surface area contributed by atoms with Crippen molar-refractivity contribution < 1.29 is 27.5 Å². The predicted octanol–water partition coefficient (Wildman–Crippen LogP) is 3.41. The van der Waals surface area contributed by atoms with Gasteiger partial charge in [0.15, 0.2) is 14.4 Å². The number of carboxylic acids is 1. The lowest BCUT2D eigenvalue weighted by Crippen LogP contribution is -2.48. The number of rotatable bonds is 4. The quantitative estimate of drug-likeness (QED) is 0.798. The molecule has 7 heteroatoms. The van der Waals surface area contributed by atoms with Crippen LogP contribution in [0.25, 0.3) is 0 Å². The van der Waals surface area contributed by atoms with Gasteiger partial charge in [-0.05, 0) is 18.1 Å². The maximum atomic E-state index is 12.6. The molecule has 0 aliphatic heterocycles. The van der Waals surface area contributed by atoms with Gasteiger partial charge in [0.05, 0.1) is 6.42 Å². The van der Waals surface area contributed by atoms with Gasteiger partial charge in [0.25, 0.3) is 0 Å². The van der Waals surface area contributed by atoms with E-state index < -0.39 is 38.0 Å². The van der Waals surface area contributed by atoms with Gasteiger partial charge < -0.3 is 9.53 Å². The van der Waals surface area contributed by atoms with E-state index in [0.717, 1.165) is 0 Å². The lowest BCUT2D eigenvalue weighted by atomic mass is 10.2. The third kappa shape index (κ3) is 5.07. The van der Waals surface area contributed by atoms with Gasteiger partial charge in [-0.2, -0.15) is 13.2 Å². The zero-order chi connectivity index (χ0) is 14.1. The summed E-state index contributed by atoms with van der Waals surface area (Å²) < 4.78 is 43.0. The normalized spacial score (nSPS) is 15.8. The van der Waals surface area contributed by atoms with Crippen LogP contribution in [0.15, 0.2) is 0 Å². The Morgan fingerprint density at radius 1 is 1.29 bits per heavy atom. The Hall–Kier alpha value is -0.563. The first kappa shape index (κ1) is 16.4. The van der Waals surface area contributed by atoms with E-state index in [1.165, 1.54) is 0 Å². The molecule has 0 aromatic rings. The van der Waals surface area contributed by atoms with Gasteiger partial charge in [0, 0.05) is 0 Å². The van der Waals surface area contributed by atoms with Crippen LogP contribution in [0.1, 0.15) is 27.2 Å². The van der Waals surface area contributed by atoms with Crippen LogP contribution in [-0.4, -0.2) is 31.7 Å². The summed E-state index contributed by atoms with van der Waals surface area (Å²) in [6.07, 6.45) is -7.91. The molecule has 0 amide bonds. The first-order chi connectivity index (χ1) is 7.27. The summed E-state index contributed by atoms with van der Waals surface area (Å²) in [7, 11) is -2.63. The van der Waals surface area contributed by atoms with Gasteiger partial charge >= 0.3 is 12.1 Å². The topological polar surface area (TPSA) is 46.5 Å². The molecule has 17 heavy (non-hydrogen) atoms. The first-order valence-corrected chi connectivity index (χ1v) is 8.14. The lowest BCUT2D eigenvalue weighted by molar-refractivity contribution is -0.203. The molecule has 102 valence electrons. The summed E-state index contributed by atoms with van der Waals surface area (Å²) in [5, 5.41) is 8.09. The van der Waals surface area contributed by atoms with E-state index in [9.17, 15) is 18.0 Å². The summed E-state index contributed by atoms with van der Waals surface area (Å²) in [6.45, 7) is 8.72. The maximum Gasteiger partial charge on any atom is 0.413 e. The minimum Gasteiger partial charge on any atom is -0.481 e. The van der Waals surface area contributed by atoms with Gasteiger partial charge in [0.2, 0.25) is 0 Å². The number of carbonyl (C=O) groups is 1. The smallest absolute Gasteiger partial charge is 0.413 e. The minimum absolute atomic E-state index is 0.394. The van der Waals surface area contributed by atoms with Gasteiger partial charge in [-0.1, -0.05) is 20.8 Å². The Kier molecular flexibility index (Phi) is 4.81. The molecule has 0 radical (unpaired) electrons. The average Bonchev–Trinajstić information content (AvgIpc) is 1.97. The average molecular weight is 272 g/mol. The Labute approximate surface area is 100 Å². The van der Waals surface area contributed by atoms with E-state index in [1.807, 2.05) is 0 Å². The Bertz CT molecular complexity index is 282. The highest BCUT2D eigenvalue weighted by Crippen LogP contribution is 2.40. The molecule has 0 bridgehead atoms. The second kappa shape index (κ2) is 4.97. The van der Waals surface area contributed by atoms with Crippen molar-refractivity contribution in [3.05, 3.63) is 0 Å². The molecule has 1 N–H and O–H groups in total. The number of hydrogen-bond donors (Lipinski definition) is 1. The molecule has 0 unspecified atom stereocenters. The third-order valence-corrected chi connectivity index (χ3v) is 7.45. The van der Waals surface area contributed by atoms with Crippen LogP contribution in [0.5, 0.6) is 0 Å². The number of hydrogen-bond acceptors (Lipinski definition) is 2. The molecule has 1 atom stereocenters. The highest BCUT2D eigenvalue weighted by Gasteiger charge is 2.48. The van der Waals surface area contributed by atoms with E-state index in [0.29, 0.717) is 0 Å². The summed E-state index contributed by atoms with van der Waals surface area (Å²) in [5.41, 5.74) is 0. The molecule has 3 nitrogen and oxygen atoms in total. The third-order valence-electron chi connectivity index (χ3n) is 2.97. The lowest BCUT2D eigenvalue weighted by Gasteiger charge is -2.39. The predicted molar refractivity (Wildman–Crippen MR) is 60.4 cm³/mol. The molecular weight excluding hydrogens is 253 g/mol. The molecule has 0 saturated carbocycles. The molecule has 0 aliphatic rings. The van der Waals surface area contributed by atoms with Crippen molar-refractivity contribution >= 4 is 14.3 Å². The van der Waals surface area contributed by atoms with Crippen LogP contribution in [-0.2, 0) is 9.22 Å². The maximum absolute atomic E-state index is 12.6. The zero-order valence-corrected chi connectivity index (χ0v) is 11.7. The summed E-state index contributed by atoms with van der Waals surface area (Å²) in [6, 6.07) is 0. The van der Waals surface area contributed by atoms with Crippen molar-refractivity contribution in [3.8, 4) is 0 Å². The summed E-state index contributed by atoms with van der Waals surface area (Å²) in [4.78, 5) is 10.4. The monoisotopic (exact) mass is 272 g/mol. The van der Waals surface area contributed by atoms with Crippen LogP contribution >= 0.6 is 0 Å². The molecule has 0 aromatic carbocycles. The van der Waals surface area contributed by atoms with Crippen molar-refractivity contribution in [1.29, 1.82) is 0 Å². The van der Waals surface area contributed by atoms with Gasteiger partial charge in [-0.25, -0.2) is 0 Å². The van der Waals surface area contributed by atoms with Crippen LogP contribution in [0.3, 0.4) is 0 Å². The molecule has 0 heterocycles. The first-order valence-electron chi connectivity index (χ1n) is 5.23. The van der Waals surface area contributed by atoms with E-state index in [4.69, 9.17) is 9.53 Å². The standard InChI is InChI=1S/C10H19F3O3Si/c1-9(2,3)17(4,5)16-7(6-8(14)15)10(11,12)13/h7H,6H2,1-5H3,(H,14,15)/t7-/m1/s1. The number of carboxylic acid groups (broad SMARTS) is 1. The van der Waals surface area contributed by atoms with Crippen molar-refractivity contribution in [3.63, 3.8) is 0 Å². The fourth-order valence-electron chi connectivity index (χ4n) is 0.915. The van der Waals surface area contributed by atoms with Gasteiger partial charge in [0.1, 0.15) is 0 Å². The number of halogens is 3. The Balaban J connectivity index is 4.94. The second-order valence-corrected chi connectivity index (χ2v) is 10.3. The fourth-order valence-corrected chi connectivity index (χ4v) is 2.20. The van der Waals surface area contributed by atoms with Crippen molar-refractivity contribution in [1.82, 2.24) is 0 Å². The largest absolute Gasteiger partial charge is 0.481 e. The second-order valence-electron chi connectivity index (χ2n) is 5.51. The van der Waals surface area contributed by atoms with Gasteiger partial charge in [-0.3, -0.25) is 4.79 Å². The van der Waals surface area contributed by atoms with E-state index in [-0.39, 0.29) is 0 Å². The summed E-state index contributed by atoms with van der Waals surface area (Å²) in [5.74, 6) is -1.51. The summed E-state index contributed by atoms with van der Waals surface area (Å²) >= 11 is 0. The van der Waals surface area contributed by atoms with Crippen LogP contribution < -0.4 is 0 Å². The Morgan fingerprint density at radius 2 is 1.71 bits per heavy atom. The van der Waals surface area contributed by atoms with Crippen molar-refractivity contribution in [2.45, 2.75) is 57.6 Å². The number of alkyl halides is 3. The van der Waals surface area contributed by atoms with Crippen molar-refractivity contribution in [2.75, 3.05) is 0 Å². The SMILES string of the molecule is CC(C)(C)[Si](C)(C)O[C@H](CC(=O)O)C(F)(F)F. The van der Waals surface area contributed by atoms with E-state index >= 15 is 0 Å². The van der Waals surface area contributed by atoms with Crippen LogP contribution in [0, 0.1) is 0 Å². The van der Waals surface area contributed by atoms with Gasteiger partial charge in [-0.15, -0.1) is 0 Å². The molecule has 0 rings (SSSR count). The molecule has 0 fully saturated rings. The van der Waals surface area contributed by atoms with Crippen LogP contribution in [0.2, 0.25) is 18.1 Å². The molecule has 0 aromatic heterocycles. The highest BCUT2D eigenvalue weighted by atomic mass is 28.4. The molecular formula is C10H19F3O3Si. The molecule has 0 spiro atoms. The fraction of sp³-hybridized carbons (Fsp3) is 0.900. The number of aliphatic carboxylic acids is 1. The van der Waals surface area contributed by atoms with Crippen LogP contribution in [0.4, 0.5) is 13.2 Å². The highest BCUT2D eigenvalue weighted by molar-refractivity contribution is 6.74. The zero-order valence-electron chi connectivity index (χ0n) is 10.7.